The van der Waals surface area contributed by atoms with Crippen LogP contribution < -0.4 is 10.6 Å². The Balaban J connectivity index is 3.97. The molecule has 0 spiro atoms. The Morgan fingerprint density at radius 3 is 2.00 bits per heavy atom. The molecule has 52 valence electrons. The van der Waals surface area contributed by atoms with E-state index < -0.39 is 0 Å². The third kappa shape index (κ3) is 2.17. The highest BCUT2D eigenvalue weighted by atomic mass is 16.1. The van der Waals surface area contributed by atoms with Gasteiger partial charge in [-0.1, -0.05) is 6.08 Å². The molecule has 0 saturated heterocycles. The van der Waals surface area contributed by atoms with Gasteiger partial charge in [-0.2, -0.15) is 0 Å². The summed E-state index contributed by atoms with van der Waals surface area (Å²) < 4.78 is 0. The molecule has 0 aromatic heterocycles. The summed E-state index contributed by atoms with van der Waals surface area (Å²) >= 11 is 0. The molecule has 3 heteroatoms. The summed E-state index contributed by atoms with van der Waals surface area (Å²) in [6.07, 6.45) is 1.72. The van der Waals surface area contributed by atoms with E-state index in [4.69, 9.17) is 0 Å². The third-order valence-electron chi connectivity index (χ3n) is 1.03. The van der Waals surface area contributed by atoms with Crippen molar-refractivity contribution >= 4 is 5.91 Å². The summed E-state index contributed by atoms with van der Waals surface area (Å²) in [6, 6.07) is 0. The van der Waals surface area contributed by atoms with Crippen LogP contribution in [0.4, 0.5) is 0 Å². The van der Waals surface area contributed by atoms with Crippen LogP contribution in [0.1, 0.15) is 6.92 Å². The zero-order valence-electron chi connectivity index (χ0n) is 5.99. The summed E-state index contributed by atoms with van der Waals surface area (Å²) in [5, 5.41) is 5.25. The molecule has 0 heterocycles. The third-order valence-corrected chi connectivity index (χ3v) is 1.03. The standard InChI is InChI=1S/C6H12N2O/c1-4-5(7-2)6(9)8-3/h4,7H,1-3H3,(H,8,9)/b5-4+. The van der Waals surface area contributed by atoms with Crippen LogP contribution in [0.15, 0.2) is 11.8 Å². The number of hydrogen-bond acceptors (Lipinski definition) is 2. The first-order valence-electron chi connectivity index (χ1n) is 2.82. The summed E-state index contributed by atoms with van der Waals surface area (Å²) in [5.41, 5.74) is 0.595. The van der Waals surface area contributed by atoms with Crippen molar-refractivity contribution < 1.29 is 4.79 Å². The predicted molar refractivity (Wildman–Crippen MR) is 36.9 cm³/mol. The predicted octanol–water partition coefficient (Wildman–Crippen LogP) is -0.144. The molecule has 0 bridgehead atoms. The zero-order chi connectivity index (χ0) is 7.28. The summed E-state index contributed by atoms with van der Waals surface area (Å²) in [5.74, 6) is -0.0833. The van der Waals surface area contributed by atoms with Gasteiger partial charge < -0.3 is 10.6 Å². The molecule has 3 nitrogen and oxygen atoms in total. The van der Waals surface area contributed by atoms with Crippen LogP contribution >= 0.6 is 0 Å². The van der Waals surface area contributed by atoms with Crippen LogP contribution in [-0.2, 0) is 4.79 Å². The van der Waals surface area contributed by atoms with E-state index in [0.29, 0.717) is 5.70 Å². The highest BCUT2D eigenvalue weighted by Gasteiger charge is 2.00. The van der Waals surface area contributed by atoms with Crippen LogP contribution in [0.3, 0.4) is 0 Å². The molecule has 0 rings (SSSR count). The van der Waals surface area contributed by atoms with Gasteiger partial charge in [-0.25, -0.2) is 0 Å². The van der Waals surface area contributed by atoms with Crippen LogP contribution in [0.2, 0.25) is 0 Å². The Labute approximate surface area is 55.1 Å². The number of hydrogen-bond donors (Lipinski definition) is 2. The van der Waals surface area contributed by atoms with Crippen molar-refractivity contribution in [3.05, 3.63) is 11.8 Å². The number of allylic oxidation sites excluding steroid dienone is 1. The Bertz CT molecular complexity index is 129. The first kappa shape index (κ1) is 8.01. The fourth-order valence-corrected chi connectivity index (χ4v) is 0.524. The van der Waals surface area contributed by atoms with Crippen LogP contribution in [0.5, 0.6) is 0 Å². The molecule has 0 atom stereocenters. The van der Waals surface area contributed by atoms with Gasteiger partial charge in [-0.3, -0.25) is 4.79 Å². The molecule has 0 saturated carbocycles. The summed E-state index contributed by atoms with van der Waals surface area (Å²) in [4.78, 5) is 10.7. The molecule has 0 fully saturated rings. The second-order valence-corrected chi connectivity index (χ2v) is 1.53. The van der Waals surface area contributed by atoms with Gasteiger partial charge in [0, 0.05) is 14.1 Å². The average molecular weight is 128 g/mol. The van der Waals surface area contributed by atoms with Gasteiger partial charge in [0.2, 0.25) is 0 Å². The van der Waals surface area contributed by atoms with E-state index in [1.807, 2.05) is 0 Å². The smallest absolute Gasteiger partial charge is 0.266 e. The largest absolute Gasteiger partial charge is 0.384 e. The average Bonchev–Trinajstić information content (AvgIpc) is 1.90. The van der Waals surface area contributed by atoms with Crippen molar-refractivity contribution in [3.8, 4) is 0 Å². The molecule has 0 aliphatic heterocycles. The second-order valence-electron chi connectivity index (χ2n) is 1.53. The lowest BCUT2D eigenvalue weighted by molar-refractivity contribution is -0.117. The van der Waals surface area contributed by atoms with E-state index in [-0.39, 0.29) is 5.91 Å². The highest BCUT2D eigenvalue weighted by molar-refractivity contribution is 5.92. The Kier molecular flexibility index (Phi) is 3.51. The molecule has 2 N–H and O–H groups in total. The van der Waals surface area contributed by atoms with Crippen molar-refractivity contribution in [3.63, 3.8) is 0 Å². The molecule has 9 heavy (non-hydrogen) atoms. The van der Waals surface area contributed by atoms with Crippen molar-refractivity contribution in [2.45, 2.75) is 6.92 Å². The lowest BCUT2D eigenvalue weighted by Crippen LogP contribution is -2.26. The summed E-state index contributed by atoms with van der Waals surface area (Å²) in [6.45, 7) is 1.81. The molecular weight excluding hydrogens is 116 g/mol. The monoisotopic (exact) mass is 128 g/mol. The van der Waals surface area contributed by atoms with Crippen LogP contribution in [-0.4, -0.2) is 20.0 Å². The maximum absolute atomic E-state index is 10.7. The lowest BCUT2D eigenvalue weighted by Gasteiger charge is -2.01. The van der Waals surface area contributed by atoms with Gasteiger partial charge in [0.05, 0.1) is 5.70 Å². The Hall–Kier alpha value is -0.990. The van der Waals surface area contributed by atoms with Crippen molar-refractivity contribution in [1.82, 2.24) is 10.6 Å². The maximum atomic E-state index is 10.7. The van der Waals surface area contributed by atoms with Gasteiger partial charge in [-0.05, 0) is 6.92 Å². The van der Waals surface area contributed by atoms with Crippen molar-refractivity contribution in [2.75, 3.05) is 14.1 Å². The Morgan fingerprint density at radius 1 is 1.33 bits per heavy atom. The fraction of sp³-hybridized carbons (Fsp3) is 0.500. The zero-order valence-corrected chi connectivity index (χ0v) is 5.99. The number of nitrogens with one attached hydrogen (secondary N) is 2. The molecule has 0 aromatic carbocycles. The van der Waals surface area contributed by atoms with E-state index in [1.165, 1.54) is 0 Å². The first-order chi connectivity index (χ1) is 4.26. The normalized spacial score (nSPS) is 10.8. The minimum absolute atomic E-state index is 0.0833. The van der Waals surface area contributed by atoms with E-state index in [0.717, 1.165) is 0 Å². The molecule has 1 amide bonds. The SMILES string of the molecule is C/C=C(/NC)C(=O)NC. The number of likely N-dealkylation sites (N-methyl/N-ethyl adjacent to an activating group) is 2. The van der Waals surface area contributed by atoms with Crippen molar-refractivity contribution in [1.29, 1.82) is 0 Å². The number of carbonyl (C=O) groups is 1. The van der Waals surface area contributed by atoms with Crippen LogP contribution in [0.25, 0.3) is 0 Å². The second kappa shape index (κ2) is 3.95. The first-order valence-corrected chi connectivity index (χ1v) is 2.82. The maximum Gasteiger partial charge on any atom is 0.266 e. The Morgan fingerprint density at radius 2 is 1.89 bits per heavy atom. The molecule has 0 aromatic rings. The highest BCUT2D eigenvalue weighted by Crippen LogP contribution is 1.84. The number of rotatable bonds is 2. The molecule has 0 aliphatic carbocycles. The van der Waals surface area contributed by atoms with Gasteiger partial charge in [0.1, 0.15) is 0 Å². The topological polar surface area (TPSA) is 41.1 Å². The van der Waals surface area contributed by atoms with Gasteiger partial charge in [0.15, 0.2) is 0 Å². The van der Waals surface area contributed by atoms with Gasteiger partial charge >= 0.3 is 0 Å². The number of carbonyl (C=O) groups excluding carboxylic acids is 1. The molecule has 0 radical (unpaired) electrons. The lowest BCUT2D eigenvalue weighted by atomic mass is 10.4. The van der Waals surface area contributed by atoms with E-state index in [9.17, 15) is 4.79 Å². The summed E-state index contributed by atoms with van der Waals surface area (Å²) in [7, 11) is 3.31. The fourth-order valence-electron chi connectivity index (χ4n) is 0.524. The minimum atomic E-state index is -0.0833. The molecule has 0 unspecified atom stereocenters. The molecular formula is C6H12N2O. The van der Waals surface area contributed by atoms with E-state index >= 15 is 0 Å². The van der Waals surface area contributed by atoms with Crippen molar-refractivity contribution in [2.24, 2.45) is 0 Å². The number of amides is 1. The quantitative estimate of drug-likeness (QED) is 0.508. The van der Waals surface area contributed by atoms with E-state index in [2.05, 4.69) is 10.6 Å². The van der Waals surface area contributed by atoms with Crippen LogP contribution in [0, 0.1) is 0 Å². The molecule has 0 aliphatic rings. The van der Waals surface area contributed by atoms with Gasteiger partial charge in [0.25, 0.3) is 5.91 Å². The van der Waals surface area contributed by atoms with Gasteiger partial charge in [-0.15, -0.1) is 0 Å². The van der Waals surface area contributed by atoms with E-state index in [1.54, 1.807) is 27.1 Å². The minimum Gasteiger partial charge on any atom is -0.384 e.